The zero-order chi connectivity index (χ0) is 32.8. The molecule has 9 heteroatoms. The molecule has 0 amide bonds. The van der Waals surface area contributed by atoms with Gasteiger partial charge in [0.15, 0.2) is 6.10 Å². The summed E-state index contributed by atoms with van der Waals surface area (Å²) in [5.41, 5.74) is 6.68. The van der Waals surface area contributed by atoms with Crippen LogP contribution >= 0.6 is 11.6 Å². The van der Waals surface area contributed by atoms with Gasteiger partial charge >= 0.3 is 5.97 Å². The van der Waals surface area contributed by atoms with E-state index in [0.29, 0.717) is 30.8 Å². The summed E-state index contributed by atoms with van der Waals surface area (Å²) < 4.78 is 35.3. The first-order chi connectivity index (χ1) is 21.0. The number of carbonyl (C=O) groups is 1. The third-order valence-corrected chi connectivity index (χ3v) is 9.26. The van der Waals surface area contributed by atoms with E-state index in [1.807, 2.05) is 39.5 Å². The minimum Gasteiger partial charge on any atom is -0.479 e. The van der Waals surface area contributed by atoms with Crippen LogP contribution in [-0.4, -0.2) is 46.2 Å². The molecule has 0 aliphatic carbocycles. The van der Waals surface area contributed by atoms with Gasteiger partial charge in [0.25, 0.3) is 0 Å². The number of aryl methyl sites for hydroxylation is 2. The first-order valence-corrected chi connectivity index (χ1v) is 16.1. The van der Waals surface area contributed by atoms with Crippen LogP contribution in [0, 0.1) is 30.9 Å². The van der Waals surface area contributed by atoms with E-state index in [4.69, 9.17) is 21.3 Å². The molecule has 45 heavy (non-hydrogen) atoms. The van der Waals surface area contributed by atoms with Crippen LogP contribution in [0.15, 0.2) is 30.3 Å². The van der Waals surface area contributed by atoms with E-state index < -0.39 is 29.3 Å². The number of ether oxygens (including phenoxy) is 1. The fourth-order valence-corrected chi connectivity index (χ4v) is 6.80. The second-order valence-electron chi connectivity index (χ2n) is 14.3. The summed E-state index contributed by atoms with van der Waals surface area (Å²) in [5, 5.41) is 10.5. The SMILES string of the molecule is Cc1nc(C)c(C(OC(C)(C)C)C(=O)O)c(N2CCC(C)(C)CC2)c1-c1ccc2c(c1)CCN(Cc1c(F)cc(Cl)cc1F)C2. The summed E-state index contributed by atoms with van der Waals surface area (Å²) in [6, 6.07) is 8.62. The van der Waals surface area contributed by atoms with Crippen molar-refractivity contribution in [2.75, 3.05) is 24.5 Å². The van der Waals surface area contributed by atoms with Gasteiger partial charge in [0, 0.05) is 65.8 Å². The summed E-state index contributed by atoms with van der Waals surface area (Å²) in [7, 11) is 0. The van der Waals surface area contributed by atoms with Gasteiger partial charge in [0.05, 0.1) is 11.3 Å². The second-order valence-corrected chi connectivity index (χ2v) is 14.7. The first kappa shape index (κ1) is 33.3. The highest BCUT2D eigenvalue weighted by atomic mass is 35.5. The first-order valence-electron chi connectivity index (χ1n) is 15.7. The Bertz CT molecular complexity index is 1580. The zero-order valence-electron chi connectivity index (χ0n) is 27.4. The molecule has 1 aromatic heterocycles. The molecule has 1 fully saturated rings. The predicted molar refractivity (Wildman–Crippen MR) is 175 cm³/mol. The Balaban J connectivity index is 1.56. The Labute approximate surface area is 270 Å². The van der Waals surface area contributed by atoms with Gasteiger partial charge in [-0.3, -0.25) is 9.88 Å². The molecule has 242 valence electrons. The number of carboxylic acid groups (broad SMARTS) is 1. The van der Waals surface area contributed by atoms with Gasteiger partial charge in [-0.1, -0.05) is 43.6 Å². The second kappa shape index (κ2) is 12.6. The van der Waals surface area contributed by atoms with Crippen LogP contribution in [0.2, 0.25) is 5.02 Å². The summed E-state index contributed by atoms with van der Waals surface area (Å²) in [6.07, 6.45) is 1.50. The molecule has 5 rings (SSSR count). The number of aromatic nitrogens is 1. The Kier molecular flexibility index (Phi) is 9.33. The molecule has 3 aromatic rings. The Morgan fingerprint density at radius 2 is 1.69 bits per heavy atom. The zero-order valence-corrected chi connectivity index (χ0v) is 28.1. The fraction of sp³-hybridized carbons (Fsp3) is 0.500. The van der Waals surface area contributed by atoms with Crippen molar-refractivity contribution in [1.82, 2.24) is 9.88 Å². The lowest BCUT2D eigenvalue weighted by Crippen LogP contribution is -2.39. The number of anilines is 1. The average Bonchev–Trinajstić information content (AvgIpc) is 2.93. The number of halogens is 3. The van der Waals surface area contributed by atoms with Crippen LogP contribution in [0.4, 0.5) is 14.5 Å². The Morgan fingerprint density at radius 1 is 1.04 bits per heavy atom. The molecule has 0 spiro atoms. The maximum atomic E-state index is 14.5. The van der Waals surface area contributed by atoms with E-state index in [1.54, 1.807) is 0 Å². The quantitative estimate of drug-likeness (QED) is 0.280. The molecule has 1 saturated heterocycles. The minimum atomic E-state index is -1.18. The molecule has 2 aromatic carbocycles. The number of benzene rings is 2. The van der Waals surface area contributed by atoms with Crippen LogP contribution in [0.3, 0.4) is 0 Å². The van der Waals surface area contributed by atoms with Crippen molar-refractivity contribution in [3.8, 4) is 11.1 Å². The van der Waals surface area contributed by atoms with Crippen LogP contribution in [0.1, 0.15) is 87.2 Å². The van der Waals surface area contributed by atoms with Gasteiger partial charge in [-0.15, -0.1) is 0 Å². The van der Waals surface area contributed by atoms with Crippen molar-refractivity contribution < 1.29 is 23.4 Å². The lowest BCUT2D eigenvalue weighted by Gasteiger charge is -2.41. The number of carboxylic acids is 1. The van der Waals surface area contributed by atoms with Gasteiger partial charge in [0.1, 0.15) is 11.6 Å². The van der Waals surface area contributed by atoms with Gasteiger partial charge in [-0.2, -0.15) is 0 Å². The third kappa shape index (κ3) is 7.34. The fourth-order valence-electron chi connectivity index (χ4n) is 6.60. The van der Waals surface area contributed by atoms with Gasteiger partial charge in [-0.05, 0) is 88.1 Å². The highest BCUT2D eigenvalue weighted by molar-refractivity contribution is 6.30. The highest BCUT2D eigenvalue weighted by Crippen LogP contribution is 2.45. The van der Waals surface area contributed by atoms with Crippen LogP contribution in [0.5, 0.6) is 0 Å². The number of pyridine rings is 1. The van der Waals surface area contributed by atoms with Gasteiger partial charge in [0.2, 0.25) is 0 Å². The third-order valence-electron chi connectivity index (χ3n) is 9.04. The predicted octanol–water partition coefficient (Wildman–Crippen LogP) is 8.42. The maximum absolute atomic E-state index is 14.5. The number of aliphatic carboxylic acids is 1. The van der Waals surface area contributed by atoms with Gasteiger partial charge in [-0.25, -0.2) is 13.6 Å². The van der Waals surface area contributed by atoms with Crippen molar-refractivity contribution in [2.45, 2.75) is 92.5 Å². The number of piperidine rings is 1. The molecule has 0 radical (unpaired) electrons. The highest BCUT2D eigenvalue weighted by Gasteiger charge is 2.36. The lowest BCUT2D eigenvalue weighted by atomic mass is 9.81. The van der Waals surface area contributed by atoms with Crippen LogP contribution < -0.4 is 4.90 Å². The van der Waals surface area contributed by atoms with Crippen molar-refractivity contribution in [1.29, 1.82) is 0 Å². The molecule has 1 atom stereocenters. The van der Waals surface area contributed by atoms with Crippen molar-refractivity contribution in [3.63, 3.8) is 0 Å². The largest absolute Gasteiger partial charge is 0.479 e. The molecule has 6 nitrogen and oxygen atoms in total. The monoisotopic (exact) mass is 639 g/mol. The number of nitrogens with zero attached hydrogens (tertiary/aromatic N) is 3. The van der Waals surface area contributed by atoms with E-state index in [1.165, 1.54) is 0 Å². The minimum absolute atomic E-state index is 0.0214. The molecule has 3 heterocycles. The number of hydrogen-bond donors (Lipinski definition) is 1. The van der Waals surface area contributed by atoms with E-state index in [-0.39, 0.29) is 22.5 Å². The lowest BCUT2D eigenvalue weighted by molar-refractivity contribution is -0.160. The Hall–Kier alpha value is -3.07. The Morgan fingerprint density at radius 3 is 2.29 bits per heavy atom. The normalized spacial score (nSPS) is 17.7. The molecule has 1 N–H and O–H groups in total. The van der Waals surface area contributed by atoms with Crippen LogP contribution in [-0.2, 0) is 29.0 Å². The summed E-state index contributed by atoms with van der Waals surface area (Å²) in [5.74, 6) is -2.31. The number of rotatable bonds is 7. The molecule has 1 unspecified atom stereocenters. The molecular weight excluding hydrogens is 596 g/mol. The molecule has 2 aliphatic heterocycles. The molecule has 0 saturated carbocycles. The summed E-state index contributed by atoms with van der Waals surface area (Å²) >= 11 is 5.82. The number of fused-ring (bicyclic) bond motifs is 1. The van der Waals surface area contributed by atoms with E-state index >= 15 is 0 Å². The molecule has 2 aliphatic rings. The topological polar surface area (TPSA) is 65.9 Å². The van der Waals surface area contributed by atoms with Crippen molar-refractivity contribution >= 4 is 23.3 Å². The van der Waals surface area contributed by atoms with Crippen LogP contribution in [0.25, 0.3) is 11.1 Å². The van der Waals surface area contributed by atoms with Crippen molar-refractivity contribution in [2.24, 2.45) is 5.41 Å². The number of hydrogen-bond acceptors (Lipinski definition) is 5. The molecular formula is C36H44ClF2N3O3. The van der Waals surface area contributed by atoms with E-state index in [2.05, 4.69) is 36.9 Å². The van der Waals surface area contributed by atoms with Crippen molar-refractivity contribution in [3.05, 3.63) is 80.6 Å². The van der Waals surface area contributed by atoms with Gasteiger partial charge < -0.3 is 14.7 Å². The average molecular weight is 640 g/mol. The smallest absolute Gasteiger partial charge is 0.337 e. The molecule has 0 bridgehead atoms. The summed E-state index contributed by atoms with van der Waals surface area (Å²) in [6.45, 7) is 17.0. The van der Waals surface area contributed by atoms with E-state index in [9.17, 15) is 18.7 Å². The standard InChI is InChI=1S/C36H44ClF2N3O3/c1-21-30(24-8-9-25-19-41(13-10-23(25)16-24)20-27-28(38)17-26(37)18-29(27)39)32(42-14-11-36(6,7)12-15-42)31(22(2)40-21)33(34(43)44)45-35(3,4)5/h8-9,16-18,33H,10-15,19-20H2,1-7H3,(H,43,44). The van der Waals surface area contributed by atoms with E-state index in [0.717, 1.165) is 71.7 Å². The maximum Gasteiger partial charge on any atom is 0.337 e. The summed E-state index contributed by atoms with van der Waals surface area (Å²) in [4.78, 5) is 22.1.